The number of aliphatic carboxylic acids is 1. The van der Waals surface area contributed by atoms with Crippen LogP contribution in [0.25, 0.3) is 0 Å². The van der Waals surface area contributed by atoms with E-state index in [1.54, 1.807) is 0 Å². The smallest absolute Gasteiger partial charge is 0.335 e. The molecule has 0 aromatic heterocycles. The fourth-order valence-electron chi connectivity index (χ4n) is 8.84. The molecule has 3 N–H and O–H groups in total. The summed E-state index contributed by atoms with van der Waals surface area (Å²) in [6.45, 7) is 5.76. The van der Waals surface area contributed by atoms with E-state index >= 15 is 0 Å². The van der Waals surface area contributed by atoms with Crippen molar-refractivity contribution in [1.82, 2.24) is 0 Å². The van der Waals surface area contributed by atoms with Gasteiger partial charge in [0.25, 0.3) is 0 Å². The first kappa shape index (κ1) is 70.9. The minimum atomic E-state index is -1.91. The molecule has 0 bridgehead atoms. The normalized spacial score (nSPS) is 18.6. The molecule has 0 radical (unpaired) electrons. The van der Waals surface area contributed by atoms with Gasteiger partial charge in [0.15, 0.2) is 24.6 Å². The van der Waals surface area contributed by atoms with Crippen molar-refractivity contribution in [3.05, 3.63) is 85.1 Å². The molecule has 0 saturated carbocycles. The second-order valence-corrected chi connectivity index (χ2v) is 20.6. The number of carbonyl (C=O) groups excluding carboxylic acids is 3. The predicted molar refractivity (Wildman–Crippen MR) is 312 cm³/mol. The lowest BCUT2D eigenvalue weighted by Crippen LogP contribution is -2.61. The number of carboxylic acids is 1. The van der Waals surface area contributed by atoms with Gasteiger partial charge in [-0.15, -0.1) is 0 Å². The van der Waals surface area contributed by atoms with Gasteiger partial charge in [0.1, 0.15) is 18.8 Å². The number of hydrogen-bond donors (Lipinski definition) is 3. The Labute approximate surface area is 467 Å². The largest absolute Gasteiger partial charge is 0.479 e. The number of allylic oxidation sites excluding steroid dienone is 14. The molecular formula is C65H108O12. The van der Waals surface area contributed by atoms with Gasteiger partial charge in [-0.25, -0.2) is 4.79 Å². The van der Waals surface area contributed by atoms with Gasteiger partial charge < -0.3 is 39.0 Å². The summed E-state index contributed by atoms with van der Waals surface area (Å²) in [4.78, 5) is 51.2. The van der Waals surface area contributed by atoms with Crippen molar-refractivity contribution in [3.63, 3.8) is 0 Å². The molecule has 1 rings (SSSR count). The zero-order valence-electron chi connectivity index (χ0n) is 48.4. The Morgan fingerprint density at radius 3 is 1.25 bits per heavy atom. The molecule has 1 heterocycles. The fourth-order valence-corrected chi connectivity index (χ4v) is 8.84. The number of carbonyl (C=O) groups is 4. The van der Waals surface area contributed by atoms with Crippen molar-refractivity contribution >= 4 is 23.9 Å². The van der Waals surface area contributed by atoms with Crippen LogP contribution in [-0.2, 0) is 42.9 Å². The Morgan fingerprint density at radius 1 is 0.442 bits per heavy atom. The average molecular weight is 1080 g/mol. The molecule has 1 aliphatic heterocycles. The molecule has 1 saturated heterocycles. The quantitative estimate of drug-likeness (QED) is 0.0228. The third kappa shape index (κ3) is 42.5. The number of unbranched alkanes of at least 4 members (excludes halogenated alkanes) is 23. The Hall–Kier alpha value is -4.10. The van der Waals surface area contributed by atoms with Crippen molar-refractivity contribution < 1.29 is 58.2 Å². The molecule has 0 amide bonds. The van der Waals surface area contributed by atoms with E-state index in [9.17, 15) is 34.5 Å². The van der Waals surface area contributed by atoms with Crippen LogP contribution < -0.4 is 0 Å². The van der Waals surface area contributed by atoms with Crippen LogP contribution in [-0.4, -0.2) is 89.2 Å². The van der Waals surface area contributed by atoms with Crippen LogP contribution in [0.1, 0.15) is 252 Å². The summed E-state index contributed by atoms with van der Waals surface area (Å²) in [6.07, 6.45) is 55.4. The van der Waals surface area contributed by atoms with Gasteiger partial charge in [0.05, 0.1) is 6.61 Å². The second-order valence-electron chi connectivity index (χ2n) is 20.6. The van der Waals surface area contributed by atoms with Crippen LogP contribution in [0.3, 0.4) is 0 Å². The molecule has 0 aliphatic carbocycles. The Bertz CT molecular complexity index is 1660. The van der Waals surface area contributed by atoms with Crippen molar-refractivity contribution in [3.8, 4) is 0 Å². The number of aliphatic hydroxyl groups excluding tert-OH is 2. The molecule has 12 nitrogen and oxygen atoms in total. The third-order valence-electron chi connectivity index (χ3n) is 13.5. The number of esters is 3. The van der Waals surface area contributed by atoms with Crippen LogP contribution in [0, 0.1) is 0 Å². The SMILES string of the molecule is CC/C=C\C/C=C\C/C=C\C/C=C\CCCCCCCCC(=O)OC1C(OCC(COC(=O)CCCCCCCCC/C=C\C/C=C\C/C=C\CC)OC(=O)CCCCCCCCCCCCC)OC(C(=O)O)C(O)C1O. The monoisotopic (exact) mass is 1080 g/mol. The van der Waals surface area contributed by atoms with Gasteiger partial charge in [-0.3, -0.25) is 14.4 Å². The van der Waals surface area contributed by atoms with E-state index in [-0.39, 0.29) is 25.9 Å². The van der Waals surface area contributed by atoms with Gasteiger partial charge in [-0.2, -0.15) is 0 Å². The van der Waals surface area contributed by atoms with Crippen LogP contribution in [0.2, 0.25) is 0 Å². The Morgan fingerprint density at radius 2 is 0.818 bits per heavy atom. The van der Waals surface area contributed by atoms with Crippen molar-refractivity contribution in [2.45, 2.75) is 289 Å². The minimum Gasteiger partial charge on any atom is -0.479 e. The van der Waals surface area contributed by atoms with Gasteiger partial charge in [-0.05, 0) is 89.9 Å². The van der Waals surface area contributed by atoms with Gasteiger partial charge in [0.2, 0.25) is 0 Å². The first-order valence-corrected chi connectivity index (χ1v) is 30.6. The highest BCUT2D eigenvalue weighted by atomic mass is 16.7. The molecule has 440 valence electrons. The van der Waals surface area contributed by atoms with E-state index in [1.807, 2.05) is 0 Å². The second kappa shape index (κ2) is 52.6. The first-order valence-electron chi connectivity index (χ1n) is 30.6. The lowest BCUT2D eigenvalue weighted by Gasteiger charge is -2.40. The first-order chi connectivity index (χ1) is 37.6. The van der Waals surface area contributed by atoms with Crippen molar-refractivity contribution in [2.24, 2.45) is 0 Å². The predicted octanol–water partition coefficient (Wildman–Crippen LogP) is 15.9. The standard InChI is InChI=1S/C65H108O12/c1-4-7-10-13-16-19-22-24-26-28-29-31-33-35-38-41-44-47-50-53-59(68)76-63-61(70)60(69)62(64(71)72)77-65(63)74-55-56(75-58(67)52-49-46-43-40-36-21-18-15-12-9-6-3)54-73-57(66)51-48-45-42-39-37-34-32-30-27-25-23-20-17-14-11-8-5-2/h7-8,10-11,16-17,19-20,24-27,29,31,56,60-63,65,69-70H,4-6,9,12-15,18,21-23,28,30,32-55H2,1-3H3,(H,71,72)/b10-7-,11-8-,19-16-,20-17-,26-24-,27-25-,31-29-. The Kier molecular flexibility index (Phi) is 48.4. The molecule has 12 heteroatoms. The van der Waals surface area contributed by atoms with Crippen molar-refractivity contribution in [1.29, 1.82) is 0 Å². The molecule has 77 heavy (non-hydrogen) atoms. The average Bonchev–Trinajstić information content (AvgIpc) is 3.42. The number of aliphatic hydroxyl groups is 2. The van der Waals surface area contributed by atoms with E-state index < -0.39 is 67.3 Å². The minimum absolute atomic E-state index is 0.0415. The lowest BCUT2D eigenvalue weighted by molar-refractivity contribution is -0.301. The number of hydrogen-bond acceptors (Lipinski definition) is 11. The highest BCUT2D eigenvalue weighted by molar-refractivity contribution is 5.74. The number of carboxylic acid groups (broad SMARTS) is 1. The van der Waals surface area contributed by atoms with Gasteiger partial charge >= 0.3 is 23.9 Å². The summed E-state index contributed by atoms with van der Waals surface area (Å²) in [5.41, 5.74) is 0. The van der Waals surface area contributed by atoms with Crippen LogP contribution in [0.15, 0.2) is 85.1 Å². The molecule has 1 aliphatic rings. The van der Waals surface area contributed by atoms with E-state index in [0.29, 0.717) is 19.3 Å². The third-order valence-corrected chi connectivity index (χ3v) is 13.5. The molecule has 1 fully saturated rings. The molecule has 0 aromatic carbocycles. The zero-order valence-corrected chi connectivity index (χ0v) is 48.4. The number of rotatable bonds is 51. The topological polar surface area (TPSA) is 175 Å². The summed E-state index contributed by atoms with van der Waals surface area (Å²) in [6, 6.07) is 0. The van der Waals surface area contributed by atoms with Crippen LogP contribution in [0.5, 0.6) is 0 Å². The molecular weight excluding hydrogens is 973 g/mol. The zero-order chi connectivity index (χ0) is 56.1. The van der Waals surface area contributed by atoms with Crippen molar-refractivity contribution in [2.75, 3.05) is 13.2 Å². The van der Waals surface area contributed by atoms with E-state index in [1.165, 1.54) is 51.4 Å². The summed E-state index contributed by atoms with van der Waals surface area (Å²) in [5, 5.41) is 31.5. The lowest BCUT2D eigenvalue weighted by atomic mass is 9.98. The maximum Gasteiger partial charge on any atom is 0.335 e. The van der Waals surface area contributed by atoms with Crippen LogP contribution in [0.4, 0.5) is 0 Å². The van der Waals surface area contributed by atoms with Gasteiger partial charge in [0, 0.05) is 19.3 Å². The van der Waals surface area contributed by atoms with Crippen LogP contribution >= 0.6 is 0 Å². The molecule has 0 spiro atoms. The summed E-state index contributed by atoms with van der Waals surface area (Å²) in [5.74, 6) is -3.14. The number of ether oxygens (including phenoxy) is 5. The maximum atomic E-state index is 13.1. The molecule has 6 unspecified atom stereocenters. The van der Waals surface area contributed by atoms with E-state index in [0.717, 1.165) is 141 Å². The summed E-state index contributed by atoms with van der Waals surface area (Å²) in [7, 11) is 0. The van der Waals surface area contributed by atoms with E-state index in [4.69, 9.17) is 23.7 Å². The Balaban J connectivity index is 2.66. The highest BCUT2D eigenvalue weighted by Gasteiger charge is 2.50. The summed E-state index contributed by atoms with van der Waals surface area (Å²) >= 11 is 0. The van der Waals surface area contributed by atoms with Gasteiger partial charge in [-0.1, -0.05) is 228 Å². The molecule has 6 atom stereocenters. The fraction of sp³-hybridized carbons (Fsp3) is 0.723. The van der Waals surface area contributed by atoms with E-state index in [2.05, 4.69) is 106 Å². The highest BCUT2D eigenvalue weighted by Crippen LogP contribution is 2.26. The maximum absolute atomic E-state index is 13.1. The summed E-state index contributed by atoms with van der Waals surface area (Å²) < 4.78 is 28.4. The molecule has 0 aromatic rings.